The lowest BCUT2D eigenvalue weighted by Crippen LogP contribution is -2.40. The molecule has 0 radical (unpaired) electrons. The van der Waals surface area contributed by atoms with Crippen LogP contribution < -0.4 is 5.32 Å². The number of hydrogen-bond donors (Lipinski definition) is 1. The van der Waals surface area contributed by atoms with Gasteiger partial charge in [-0.15, -0.1) is 0 Å². The molecule has 2 aliphatic rings. The van der Waals surface area contributed by atoms with E-state index < -0.39 is 0 Å². The van der Waals surface area contributed by atoms with Crippen molar-refractivity contribution in [2.75, 3.05) is 26.2 Å². The van der Waals surface area contributed by atoms with Gasteiger partial charge >= 0.3 is 0 Å². The lowest BCUT2D eigenvalue weighted by molar-refractivity contribution is 0.151. The molecule has 1 saturated heterocycles. The molecule has 2 nitrogen and oxygen atoms in total. The van der Waals surface area contributed by atoms with Gasteiger partial charge in [-0.2, -0.15) is 0 Å². The summed E-state index contributed by atoms with van der Waals surface area (Å²) in [5, 5.41) is 3.54. The second-order valence-corrected chi connectivity index (χ2v) is 5.48. The monoisotopic (exact) mass is 210 g/mol. The summed E-state index contributed by atoms with van der Waals surface area (Å²) >= 11 is 0. The highest BCUT2D eigenvalue weighted by atomic mass is 15.2. The van der Waals surface area contributed by atoms with Crippen LogP contribution in [0.1, 0.15) is 46.0 Å². The summed E-state index contributed by atoms with van der Waals surface area (Å²) in [6, 6.07) is 0.939. The molecule has 1 aliphatic carbocycles. The van der Waals surface area contributed by atoms with Crippen LogP contribution in [-0.4, -0.2) is 37.1 Å². The SMILES string of the molecule is CCCN(CC1(CC)CCNC1)C1CC1. The number of nitrogens with one attached hydrogen (secondary N) is 1. The van der Waals surface area contributed by atoms with E-state index in [1.165, 1.54) is 58.3 Å². The summed E-state index contributed by atoms with van der Waals surface area (Å²) in [5.41, 5.74) is 0.595. The summed E-state index contributed by atoms with van der Waals surface area (Å²) in [4.78, 5) is 2.76. The van der Waals surface area contributed by atoms with Crippen LogP contribution in [0.5, 0.6) is 0 Å². The molecule has 1 aliphatic heterocycles. The maximum absolute atomic E-state index is 3.54. The quantitative estimate of drug-likeness (QED) is 0.723. The van der Waals surface area contributed by atoms with Gasteiger partial charge in [0.2, 0.25) is 0 Å². The standard InChI is InChI=1S/C13H26N2/c1-3-9-15(12-5-6-12)11-13(4-2)7-8-14-10-13/h12,14H,3-11H2,1-2H3. The Hall–Kier alpha value is -0.0800. The zero-order valence-electron chi connectivity index (χ0n) is 10.4. The van der Waals surface area contributed by atoms with Crippen molar-refractivity contribution in [2.24, 2.45) is 5.41 Å². The van der Waals surface area contributed by atoms with Crippen LogP contribution in [0.15, 0.2) is 0 Å². The first kappa shape index (κ1) is 11.4. The zero-order chi connectivity index (χ0) is 10.7. The molecule has 2 rings (SSSR count). The van der Waals surface area contributed by atoms with Crippen LogP contribution in [0.3, 0.4) is 0 Å². The van der Waals surface area contributed by atoms with Gasteiger partial charge in [0, 0.05) is 19.1 Å². The molecular formula is C13H26N2. The predicted molar refractivity (Wildman–Crippen MR) is 65.1 cm³/mol. The van der Waals surface area contributed by atoms with Crippen LogP contribution in [0, 0.1) is 5.41 Å². The van der Waals surface area contributed by atoms with Gasteiger partial charge in [-0.3, -0.25) is 4.90 Å². The summed E-state index contributed by atoms with van der Waals surface area (Å²) in [7, 11) is 0. The Morgan fingerprint density at radius 1 is 1.33 bits per heavy atom. The minimum absolute atomic E-state index is 0.595. The second-order valence-electron chi connectivity index (χ2n) is 5.48. The van der Waals surface area contributed by atoms with Crippen molar-refractivity contribution >= 4 is 0 Å². The van der Waals surface area contributed by atoms with Crippen molar-refractivity contribution in [1.82, 2.24) is 10.2 Å². The van der Waals surface area contributed by atoms with Gasteiger partial charge in [0.25, 0.3) is 0 Å². The van der Waals surface area contributed by atoms with Gasteiger partial charge < -0.3 is 5.32 Å². The number of rotatable bonds is 6. The lowest BCUT2D eigenvalue weighted by Gasteiger charge is -2.34. The molecule has 1 saturated carbocycles. The predicted octanol–water partition coefficient (Wildman–Crippen LogP) is 2.25. The summed E-state index contributed by atoms with van der Waals surface area (Å²) in [6.07, 6.45) is 6.94. The van der Waals surface area contributed by atoms with E-state index in [0.717, 1.165) is 6.04 Å². The number of nitrogens with zero attached hydrogens (tertiary/aromatic N) is 1. The average molecular weight is 210 g/mol. The average Bonchev–Trinajstić information content (AvgIpc) is 3.00. The Kier molecular flexibility index (Phi) is 3.68. The fourth-order valence-electron chi connectivity index (χ4n) is 2.89. The third kappa shape index (κ3) is 2.73. The molecule has 0 aromatic rings. The minimum atomic E-state index is 0.595. The Bertz CT molecular complexity index is 193. The molecule has 1 unspecified atom stereocenters. The Balaban J connectivity index is 1.90. The molecule has 0 amide bonds. The molecule has 2 fully saturated rings. The lowest BCUT2D eigenvalue weighted by atomic mass is 9.83. The summed E-state index contributed by atoms with van der Waals surface area (Å²) in [5.74, 6) is 0. The topological polar surface area (TPSA) is 15.3 Å². The van der Waals surface area contributed by atoms with E-state index in [-0.39, 0.29) is 0 Å². The zero-order valence-corrected chi connectivity index (χ0v) is 10.4. The first-order valence-electron chi connectivity index (χ1n) is 6.74. The first-order chi connectivity index (χ1) is 7.29. The smallest absolute Gasteiger partial charge is 0.00966 e. The maximum Gasteiger partial charge on any atom is 0.00966 e. The van der Waals surface area contributed by atoms with Crippen LogP contribution in [0.4, 0.5) is 0 Å². The van der Waals surface area contributed by atoms with Crippen LogP contribution in [0.25, 0.3) is 0 Å². The fourth-order valence-corrected chi connectivity index (χ4v) is 2.89. The molecule has 0 aromatic heterocycles. The molecule has 2 heteroatoms. The van der Waals surface area contributed by atoms with E-state index in [0.29, 0.717) is 5.41 Å². The highest BCUT2D eigenvalue weighted by Crippen LogP contribution is 2.35. The van der Waals surface area contributed by atoms with E-state index >= 15 is 0 Å². The molecular weight excluding hydrogens is 184 g/mol. The normalized spacial score (nSPS) is 31.4. The van der Waals surface area contributed by atoms with Crippen molar-refractivity contribution in [3.63, 3.8) is 0 Å². The van der Waals surface area contributed by atoms with Crippen molar-refractivity contribution in [2.45, 2.75) is 52.0 Å². The third-order valence-electron chi connectivity index (χ3n) is 4.19. The summed E-state index contributed by atoms with van der Waals surface area (Å²) < 4.78 is 0. The minimum Gasteiger partial charge on any atom is -0.316 e. The summed E-state index contributed by atoms with van der Waals surface area (Å²) in [6.45, 7) is 9.81. The van der Waals surface area contributed by atoms with Gasteiger partial charge in [-0.05, 0) is 50.6 Å². The van der Waals surface area contributed by atoms with E-state index in [2.05, 4.69) is 24.1 Å². The van der Waals surface area contributed by atoms with Gasteiger partial charge in [0.15, 0.2) is 0 Å². The van der Waals surface area contributed by atoms with Crippen molar-refractivity contribution in [1.29, 1.82) is 0 Å². The van der Waals surface area contributed by atoms with E-state index in [1.54, 1.807) is 0 Å². The van der Waals surface area contributed by atoms with Crippen molar-refractivity contribution in [3.05, 3.63) is 0 Å². The van der Waals surface area contributed by atoms with Gasteiger partial charge in [0.05, 0.1) is 0 Å². The second kappa shape index (κ2) is 4.84. The first-order valence-corrected chi connectivity index (χ1v) is 6.74. The molecule has 15 heavy (non-hydrogen) atoms. The molecule has 88 valence electrons. The van der Waals surface area contributed by atoms with E-state index in [9.17, 15) is 0 Å². The highest BCUT2D eigenvalue weighted by Gasteiger charge is 2.37. The largest absolute Gasteiger partial charge is 0.316 e. The van der Waals surface area contributed by atoms with Crippen LogP contribution >= 0.6 is 0 Å². The molecule has 0 bridgehead atoms. The third-order valence-corrected chi connectivity index (χ3v) is 4.19. The Labute approximate surface area is 94.4 Å². The molecule has 1 N–H and O–H groups in total. The van der Waals surface area contributed by atoms with Crippen molar-refractivity contribution < 1.29 is 0 Å². The Morgan fingerprint density at radius 2 is 2.13 bits per heavy atom. The highest BCUT2D eigenvalue weighted by molar-refractivity contribution is 4.93. The number of hydrogen-bond acceptors (Lipinski definition) is 2. The Morgan fingerprint density at radius 3 is 2.60 bits per heavy atom. The van der Waals surface area contributed by atoms with Gasteiger partial charge in [-0.25, -0.2) is 0 Å². The molecule has 1 heterocycles. The molecule has 0 aromatic carbocycles. The van der Waals surface area contributed by atoms with E-state index in [4.69, 9.17) is 0 Å². The molecule has 1 atom stereocenters. The van der Waals surface area contributed by atoms with E-state index in [1.807, 2.05) is 0 Å². The van der Waals surface area contributed by atoms with Crippen LogP contribution in [-0.2, 0) is 0 Å². The fraction of sp³-hybridized carbons (Fsp3) is 1.00. The maximum atomic E-state index is 3.54. The van der Waals surface area contributed by atoms with Gasteiger partial charge in [-0.1, -0.05) is 13.8 Å². The van der Waals surface area contributed by atoms with Crippen LogP contribution in [0.2, 0.25) is 0 Å². The van der Waals surface area contributed by atoms with Crippen molar-refractivity contribution in [3.8, 4) is 0 Å². The van der Waals surface area contributed by atoms with Gasteiger partial charge in [0.1, 0.15) is 0 Å². The molecule has 0 spiro atoms.